The average molecular weight is 409 g/mol. The van der Waals surface area contributed by atoms with Crippen molar-refractivity contribution in [1.29, 1.82) is 0 Å². The molecule has 5 nitrogen and oxygen atoms in total. The molecule has 0 spiro atoms. The van der Waals surface area contributed by atoms with Crippen molar-refractivity contribution in [3.05, 3.63) is 69.3 Å². The number of benzene rings is 2. The van der Waals surface area contributed by atoms with Gasteiger partial charge in [-0.3, -0.25) is 9.78 Å². The molecule has 0 saturated carbocycles. The highest BCUT2D eigenvalue weighted by Gasteiger charge is 2.09. The van der Waals surface area contributed by atoms with Crippen molar-refractivity contribution in [3.8, 4) is 5.75 Å². The molecule has 0 saturated heterocycles. The van der Waals surface area contributed by atoms with Crippen LogP contribution < -0.4 is 10.2 Å². The van der Waals surface area contributed by atoms with Crippen LogP contribution in [0.25, 0.3) is 10.9 Å². The zero-order valence-corrected chi connectivity index (χ0v) is 15.5. The quantitative estimate of drug-likeness (QED) is 0.377. The molecule has 3 rings (SSSR count). The van der Waals surface area contributed by atoms with E-state index in [1.807, 2.05) is 30.3 Å². The van der Waals surface area contributed by atoms with Gasteiger partial charge >= 0.3 is 0 Å². The van der Waals surface area contributed by atoms with Gasteiger partial charge in [0.1, 0.15) is 5.75 Å². The van der Waals surface area contributed by atoms with Crippen LogP contribution in [0.4, 0.5) is 0 Å². The monoisotopic (exact) mass is 407 g/mol. The van der Waals surface area contributed by atoms with E-state index in [-0.39, 0.29) is 22.4 Å². The number of carbonyl (C=O) groups excluding carboxylic acids is 1. The number of amides is 1. The van der Waals surface area contributed by atoms with Gasteiger partial charge in [-0.2, -0.15) is 5.10 Å². The molecule has 2 aromatic carbocycles. The number of ether oxygens (including phenoxy) is 1. The normalized spacial score (nSPS) is 11.0. The van der Waals surface area contributed by atoms with Gasteiger partial charge in [0.05, 0.1) is 26.8 Å². The Labute approximate surface area is 164 Å². The lowest BCUT2D eigenvalue weighted by atomic mass is 10.1. The van der Waals surface area contributed by atoms with Crippen molar-refractivity contribution in [1.82, 2.24) is 10.4 Å². The molecule has 1 amide bonds. The Morgan fingerprint density at radius 3 is 2.77 bits per heavy atom. The van der Waals surface area contributed by atoms with Crippen LogP contribution in [0.15, 0.2) is 53.8 Å². The minimum atomic E-state index is -0.439. The number of halogens is 3. The van der Waals surface area contributed by atoms with Gasteiger partial charge in [-0.1, -0.05) is 46.9 Å². The van der Waals surface area contributed by atoms with E-state index in [2.05, 4.69) is 15.5 Å². The van der Waals surface area contributed by atoms with Crippen molar-refractivity contribution in [2.24, 2.45) is 5.10 Å². The molecule has 0 bridgehead atoms. The number of fused-ring (bicyclic) bond motifs is 1. The van der Waals surface area contributed by atoms with Crippen LogP contribution in [-0.2, 0) is 4.79 Å². The van der Waals surface area contributed by atoms with Crippen molar-refractivity contribution in [2.75, 3.05) is 6.61 Å². The summed E-state index contributed by atoms with van der Waals surface area (Å²) in [4.78, 5) is 16.1. The molecular formula is C18H12Cl3N3O2. The van der Waals surface area contributed by atoms with Crippen LogP contribution >= 0.6 is 34.8 Å². The zero-order valence-electron chi connectivity index (χ0n) is 13.2. The van der Waals surface area contributed by atoms with Crippen molar-refractivity contribution in [3.63, 3.8) is 0 Å². The Balaban J connectivity index is 1.56. The second kappa shape index (κ2) is 8.36. The summed E-state index contributed by atoms with van der Waals surface area (Å²) in [6.07, 6.45) is 3.27. The summed E-state index contributed by atoms with van der Waals surface area (Å²) < 4.78 is 5.33. The summed E-state index contributed by atoms with van der Waals surface area (Å²) in [7, 11) is 0. The molecule has 0 aliphatic carbocycles. The number of pyridine rings is 1. The van der Waals surface area contributed by atoms with Crippen molar-refractivity contribution >= 4 is 57.8 Å². The minimum Gasteiger partial charge on any atom is -0.482 e. The van der Waals surface area contributed by atoms with Gasteiger partial charge < -0.3 is 4.74 Å². The van der Waals surface area contributed by atoms with Gasteiger partial charge in [0.2, 0.25) is 0 Å². The van der Waals surface area contributed by atoms with Crippen molar-refractivity contribution < 1.29 is 9.53 Å². The molecule has 26 heavy (non-hydrogen) atoms. The van der Waals surface area contributed by atoms with Crippen LogP contribution in [0.2, 0.25) is 15.1 Å². The zero-order chi connectivity index (χ0) is 18.5. The molecule has 0 unspecified atom stereocenters. The first kappa shape index (κ1) is 18.5. The standard InChI is InChI=1S/C18H12Cl3N3O2/c19-13-7-15(21)17(8-14(13)20)26-10-18(25)24-23-9-11-3-4-16-12(6-11)2-1-5-22-16/h1-9H,10H2,(H,24,25). The smallest absolute Gasteiger partial charge is 0.277 e. The molecule has 132 valence electrons. The highest BCUT2D eigenvalue weighted by Crippen LogP contribution is 2.33. The van der Waals surface area contributed by atoms with Crippen LogP contribution in [0.5, 0.6) is 5.75 Å². The number of nitrogens with one attached hydrogen (secondary N) is 1. The van der Waals surface area contributed by atoms with E-state index in [4.69, 9.17) is 39.5 Å². The summed E-state index contributed by atoms with van der Waals surface area (Å²) in [5, 5.41) is 5.76. The third-order valence-electron chi connectivity index (χ3n) is 3.36. The number of carbonyl (C=O) groups is 1. The lowest BCUT2D eigenvalue weighted by molar-refractivity contribution is -0.123. The summed E-state index contributed by atoms with van der Waals surface area (Å²) in [5.74, 6) is -0.173. The highest BCUT2D eigenvalue weighted by molar-refractivity contribution is 6.43. The van der Waals surface area contributed by atoms with E-state index in [1.165, 1.54) is 18.3 Å². The summed E-state index contributed by atoms with van der Waals surface area (Å²) in [6, 6.07) is 12.4. The predicted molar refractivity (Wildman–Crippen MR) is 104 cm³/mol. The lowest BCUT2D eigenvalue weighted by Crippen LogP contribution is -2.24. The molecule has 0 radical (unpaired) electrons. The lowest BCUT2D eigenvalue weighted by Gasteiger charge is -2.08. The Hall–Kier alpha value is -2.34. The number of hydrazone groups is 1. The summed E-state index contributed by atoms with van der Waals surface area (Å²) in [6.45, 7) is -0.267. The molecule has 1 heterocycles. The van der Waals surface area contributed by atoms with Gasteiger partial charge in [-0.15, -0.1) is 0 Å². The molecular weight excluding hydrogens is 397 g/mol. The number of hydrogen-bond donors (Lipinski definition) is 1. The van der Waals surface area contributed by atoms with E-state index in [1.54, 1.807) is 6.20 Å². The van der Waals surface area contributed by atoms with E-state index in [0.29, 0.717) is 5.02 Å². The van der Waals surface area contributed by atoms with Gasteiger partial charge in [0.15, 0.2) is 6.61 Å². The van der Waals surface area contributed by atoms with Crippen LogP contribution in [0.3, 0.4) is 0 Å². The van der Waals surface area contributed by atoms with Gasteiger partial charge in [0, 0.05) is 17.6 Å². The van der Waals surface area contributed by atoms with Crippen molar-refractivity contribution in [2.45, 2.75) is 0 Å². The average Bonchev–Trinajstić information content (AvgIpc) is 2.63. The molecule has 8 heteroatoms. The Kier molecular flexibility index (Phi) is 5.93. The van der Waals surface area contributed by atoms with Crippen LogP contribution in [0, 0.1) is 0 Å². The molecule has 0 atom stereocenters. The fraction of sp³-hybridized carbons (Fsp3) is 0.0556. The SMILES string of the molecule is O=C(COc1cc(Cl)c(Cl)cc1Cl)NN=Cc1ccc2ncccc2c1. The second-order valence-corrected chi connectivity index (χ2v) is 6.46. The molecule has 0 fully saturated rings. The third-order valence-corrected chi connectivity index (χ3v) is 4.38. The fourth-order valence-electron chi connectivity index (χ4n) is 2.14. The minimum absolute atomic E-state index is 0.264. The number of nitrogens with zero attached hydrogens (tertiary/aromatic N) is 2. The first-order valence-electron chi connectivity index (χ1n) is 7.47. The predicted octanol–water partition coefficient (Wildman–Crippen LogP) is 4.72. The number of rotatable bonds is 5. The molecule has 1 N–H and O–H groups in total. The van der Waals surface area contributed by atoms with E-state index < -0.39 is 5.91 Å². The maximum Gasteiger partial charge on any atom is 0.277 e. The molecule has 0 aliphatic heterocycles. The highest BCUT2D eigenvalue weighted by atomic mass is 35.5. The number of hydrogen-bond acceptors (Lipinski definition) is 4. The maximum atomic E-state index is 11.8. The first-order valence-corrected chi connectivity index (χ1v) is 8.60. The summed E-state index contributed by atoms with van der Waals surface area (Å²) >= 11 is 17.7. The Morgan fingerprint density at radius 1 is 1.12 bits per heavy atom. The van der Waals surface area contributed by atoms with Crippen LogP contribution in [-0.4, -0.2) is 23.7 Å². The van der Waals surface area contributed by atoms with Gasteiger partial charge in [-0.25, -0.2) is 5.43 Å². The molecule has 0 aliphatic rings. The molecule has 3 aromatic rings. The van der Waals surface area contributed by atoms with Gasteiger partial charge in [-0.05, 0) is 29.8 Å². The summed E-state index contributed by atoms with van der Waals surface area (Å²) in [5.41, 5.74) is 4.10. The second-order valence-electron chi connectivity index (χ2n) is 5.23. The van der Waals surface area contributed by atoms with Crippen LogP contribution in [0.1, 0.15) is 5.56 Å². The molecule has 1 aromatic heterocycles. The van der Waals surface area contributed by atoms with E-state index in [9.17, 15) is 4.79 Å². The first-order chi connectivity index (χ1) is 12.5. The third kappa shape index (κ3) is 4.64. The maximum absolute atomic E-state index is 11.8. The van der Waals surface area contributed by atoms with E-state index in [0.717, 1.165) is 16.5 Å². The van der Waals surface area contributed by atoms with Gasteiger partial charge in [0.25, 0.3) is 5.91 Å². The largest absolute Gasteiger partial charge is 0.482 e. The topological polar surface area (TPSA) is 63.6 Å². The fourth-order valence-corrected chi connectivity index (χ4v) is 2.74. The number of aromatic nitrogens is 1. The Morgan fingerprint density at radius 2 is 1.92 bits per heavy atom. The Bertz CT molecular complexity index is 993. The van der Waals surface area contributed by atoms with E-state index >= 15 is 0 Å².